The molecule has 1 fully saturated rings. The van der Waals surface area contributed by atoms with E-state index >= 15 is 0 Å². The van der Waals surface area contributed by atoms with Crippen LogP contribution in [0, 0.1) is 11.8 Å². The lowest BCUT2D eigenvalue weighted by molar-refractivity contribution is 0.216. The zero-order valence-corrected chi connectivity index (χ0v) is 11.5. The molecule has 0 spiro atoms. The summed E-state index contributed by atoms with van der Waals surface area (Å²) in [6.45, 7) is 4.60. The Morgan fingerprint density at radius 3 is 2.75 bits per heavy atom. The molecule has 0 saturated heterocycles. The number of halogens is 1. The number of nitrogens with two attached hydrogens (primary N) is 1. The molecular formula is C13H20BrNO. The van der Waals surface area contributed by atoms with E-state index in [9.17, 15) is 0 Å². The van der Waals surface area contributed by atoms with Crippen molar-refractivity contribution in [2.24, 2.45) is 17.6 Å². The molecule has 1 saturated carbocycles. The average molecular weight is 286 g/mol. The second kappa shape index (κ2) is 4.92. The van der Waals surface area contributed by atoms with Gasteiger partial charge in [0.05, 0.1) is 10.7 Å². The molecule has 1 aromatic heterocycles. The molecule has 16 heavy (non-hydrogen) atoms. The molecule has 1 aliphatic carbocycles. The van der Waals surface area contributed by atoms with Crippen molar-refractivity contribution in [2.75, 3.05) is 0 Å². The Labute approximate surface area is 106 Å². The molecule has 3 heteroatoms. The van der Waals surface area contributed by atoms with Gasteiger partial charge in [0.1, 0.15) is 5.76 Å². The summed E-state index contributed by atoms with van der Waals surface area (Å²) in [6.07, 6.45) is 5.27. The minimum absolute atomic E-state index is 0.248. The fourth-order valence-corrected chi connectivity index (χ4v) is 3.20. The predicted molar refractivity (Wildman–Crippen MR) is 69.3 cm³/mol. The van der Waals surface area contributed by atoms with Crippen LogP contribution in [0.1, 0.15) is 44.8 Å². The van der Waals surface area contributed by atoms with E-state index in [0.29, 0.717) is 5.92 Å². The van der Waals surface area contributed by atoms with Gasteiger partial charge in [0, 0.05) is 12.0 Å². The summed E-state index contributed by atoms with van der Waals surface area (Å²) in [5.74, 6) is 2.94. The van der Waals surface area contributed by atoms with Crippen molar-refractivity contribution in [1.82, 2.24) is 0 Å². The molecule has 0 radical (unpaired) electrons. The van der Waals surface area contributed by atoms with E-state index in [1.54, 1.807) is 6.26 Å². The first-order chi connectivity index (χ1) is 7.59. The maximum atomic E-state index is 6.22. The topological polar surface area (TPSA) is 39.2 Å². The van der Waals surface area contributed by atoms with Crippen molar-refractivity contribution in [2.45, 2.75) is 45.1 Å². The largest absolute Gasteiger partial charge is 0.468 e. The lowest BCUT2D eigenvalue weighted by Crippen LogP contribution is -2.35. The summed E-state index contributed by atoms with van der Waals surface area (Å²) in [5.41, 5.74) is 6.22. The second-order valence-electron chi connectivity index (χ2n) is 5.22. The lowest BCUT2D eigenvalue weighted by atomic mass is 9.73. The molecule has 3 atom stereocenters. The fourth-order valence-electron chi connectivity index (χ4n) is 2.70. The van der Waals surface area contributed by atoms with Gasteiger partial charge in [-0.1, -0.05) is 13.8 Å². The Kier molecular flexibility index (Phi) is 3.75. The maximum Gasteiger partial charge on any atom is 0.122 e. The van der Waals surface area contributed by atoms with Gasteiger partial charge < -0.3 is 10.2 Å². The van der Waals surface area contributed by atoms with Gasteiger partial charge in [-0.3, -0.25) is 0 Å². The Bertz CT molecular complexity index is 347. The Hall–Kier alpha value is -0.280. The normalized spacial score (nSPS) is 30.9. The van der Waals surface area contributed by atoms with Crippen molar-refractivity contribution in [3.05, 3.63) is 22.6 Å². The first kappa shape index (κ1) is 12.2. The van der Waals surface area contributed by atoms with E-state index in [1.807, 2.05) is 6.07 Å². The van der Waals surface area contributed by atoms with Crippen LogP contribution in [-0.4, -0.2) is 6.04 Å². The smallest absolute Gasteiger partial charge is 0.122 e. The molecule has 2 nitrogen and oxygen atoms in total. The highest BCUT2D eigenvalue weighted by molar-refractivity contribution is 9.10. The monoisotopic (exact) mass is 285 g/mol. The number of hydrogen-bond donors (Lipinski definition) is 1. The van der Waals surface area contributed by atoms with Crippen LogP contribution in [-0.2, 0) is 0 Å². The highest BCUT2D eigenvalue weighted by Gasteiger charge is 2.33. The van der Waals surface area contributed by atoms with Crippen LogP contribution < -0.4 is 5.73 Å². The van der Waals surface area contributed by atoms with Crippen LogP contribution >= 0.6 is 15.9 Å². The van der Waals surface area contributed by atoms with Gasteiger partial charge in [0.15, 0.2) is 0 Å². The first-order valence-electron chi connectivity index (χ1n) is 6.08. The molecule has 1 aliphatic rings. The molecule has 0 aromatic carbocycles. The van der Waals surface area contributed by atoms with Gasteiger partial charge in [-0.05, 0) is 53.1 Å². The molecular weight excluding hydrogens is 266 g/mol. The van der Waals surface area contributed by atoms with Gasteiger partial charge >= 0.3 is 0 Å². The Morgan fingerprint density at radius 2 is 2.19 bits per heavy atom. The number of furan rings is 1. The quantitative estimate of drug-likeness (QED) is 0.895. The summed E-state index contributed by atoms with van der Waals surface area (Å²) >= 11 is 3.54. The second-order valence-corrected chi connectivity index (χ2v) is 6.07. The molecule has 0 amide bonds. The SMILES string of the molecule is CC(C)C1CCC(N)C(c2occc2Br)C1. The first-order valence-corrected chi connectivity index (χ1v) is 6.87. The van der Waals surface area contributed by atoms with Crippen LogP contribution in [0.5, 0.6) is 0 Å². The molecule has 1 aromatic rings. The molecule has 90 valence electrons. The maximum absolute atomic E-state index is 6.22. The third-order valence-corrected chi connectivity index (χ3v) is 4.52. The summed E-state index contributed by atoms with van der Waals surface area (Å²) < 4.78 is 6.64. The molecule has 2 N–H and O–H groups in total. The van der Waals surface area contributed by atoms with Crippen molar-refractivity contribution in [3.63, 3.8) is 0 Å². The fraction of sp³-hybridized carbons (Fsp3) is 0.692. The van der Waals surface area contributed by atoms with Crippen LogP contribution in [0.25, 0.3) is 0 Å². The van der Waals surface area contributed by atoms with Gasteiger partial charge in [0.25, 0.3) is 0 Å². The van der Waals surface area contributed by atoms with Gasteiger partial charge in [-0.2, -0.15) is 0 Å². The Morgan fingerprint density at radius 1 is 1.44 bits per heavy atom. The highest BCUT2D eigenvalue weighted by atomic mass is 79.9. The van der Waals surface area contributed by atoms with Crippen molar-refractivity contribution < 1.29 is 4.42 Å². The standard InChI is InChI=1S/C13H20BrNO/c1-8(2)9-3-4-12(15)10(7-9)13-11(14)5-6-16-13/h5-6,8-10,12H,3-4,7,15H2,1-2H3. The minimum Gasteiger partial charge on any atom is -0.468 e. The van der Waals surface area contributed by atoms with Crippen LogP contribution in [0.4, 0.5) is 0 Å². The highest BCUT2D eigenvalue weighted by Crippen LogP contribution is 2.41. The third kappa shape index (κ3) is 2.35. The molecule has 0 aliphatic heterocycles. The minimum atomic E-state index is 0.248. The number of rotatable bonds is 2. The number of hydrogen-bond acceptors (Lipinski definition) is 2. The van der Waals surface area contributed by atoms with Crippen LogP contribution in [0.2, 0.25) is 0 Å². The van der Waals surface area contributed by atoms with Gasteiger partial charge in [0.2, 0.25) is 0 Å². The van der Waals surface area contributed by atoms with Crippen LogP contribution in [0.15, 0.2) is 21.2 Å². The van der Waals surface area contributed by atoms with E-state index in [-0.39, 0.29) is 6.04 Å². The van der Waals surface area contributed by atoms with E-state index in [4.69, 9.17) is 10.2 Å². The van der Waals surface area contributed by atoms with E-state index < -0.39 is 0 Å². The zero-order chi connectivity index (χ0) is 11.7. The van der Waals surface area contributed by atoms with E-state index in [0.717, 1.165) is 34.9 Å². The Balaban J connectivity index is 2.16. The summed E-state index contributed by atoms with van der Waals surface area (Å²) in [6, 6.07) is 2.21. The van der Waals surface area contributed by atoms with Gasteiger partial charge in [-0.25, -0.2) is 0 Å². The molecule has 3 unspecified atom stereocenters. The van der Waals surface area contributed by atoms with E-state index in [2.05, 4.69) is 29.8 Å². The third-order valence-electron chi connectivity index (χ3n) is 3.87. The lowest BCUT2D eigenvalue weighted by Gasteiger charge is -2.35. The van der Waals surface area contributed by atoms with Crippen molar-refractivity contribution >= 4 is 15.9 Å². The van der Waals surface area contributed by atoms with Crippen molar-refractivity contribution in [1.29, 1.82) is 0 Å². The van der Waals surface area contributed by atoms with Crippen LogP contribution in [0.3, 0.4) is 0 Å². The average Bonchev–Trinajstić information content (AvgIpc) is 2.65. The van der Waals surface area contributed by atoms with Gasteiger partial charge in [-0.15, -0.1) is 0 Å². The van der Waals surface area contributed by atoms with Crippen molar-refractivity contribution in [3.8, 4) is 0 Å². The summed E-state index contributed by atoms with van der Waals surface area (Å²) in [5, 5.41) is 0. The predicted octanol–water partition coefficient (Wildman–Crippen LogP) is 3.91. The molecule has 2 rings (SSSR count). The summed E-state index contributed by atoms with van der Waals surface area (Å²) in [4.78, 5) is 0. The molecule has 1 heterocycles. The molecule has 0 bridgehead atoms. The summed E-state index contributed by atoms with van der Waals surface area (Å²) in [7, 11) is 0. The van der Waals surface area contributed by atoms with E-state index in [1.165, 1.54) is 6.42 Å². The zero-order valence-electron chi connectivity index (χ0n) is 9.95.